The zero-order valence-electron chi connectivity index (χ0n) is 12.9. The summed E-state index contributed by atoms with van der Waals surface area (Å²) in [7, 11) is -3.47. The van der Waals surface area contributed by atoms with Crippen LogP contribution in [0.25, 0.3) is 0 Å². The Morgan fingerprint density at radius 1 is 1.04 bits per heavy atom. The molecule has 0 aromatic heterocycles. The lowest BCUT2D eigenvalue weighted by Crippen LogP contribution is -2.49. The molecule has 1 aliphatic carbocycles. The van der Waals surface area contributed by atoms with Crippen LogP contribution in [-0.4, -0.2) is 21.0 Å². The van der Waals surface area contributed by atoms with Crippen molar-refractivity contribution in [1.82, 2.24) is 5.32 Å². The van der Waals surface area contributed by atoms with Crippen molar-refractivity contribution in [2.75, 3.05) is 6.54 Å². The predicted octanol–water partition coefficient (Wildman–Crippen LogP) is 3.87. The Morgan fingerprint density at radius 2 is 1.75 bits per heavy atom. The Labute approximate surface area is 169 Å². The largest absolute Gasteiger partial charge is 0.312 e. The van der Waals surface area contributed by atoms with E-state index in [1.54, 1.807) is 12.1 Å². The quantitative estimate of drug-likeness (QED) is 0.563. The van der Waals surface area contributed by atoms with E-state index in [4.69, 9.17) is 0 Å². The molecule has 0 saturated carbocycles. The second-order valence-corrected chi connectivity index (χ2v) is 11.1. The van der Waals surface area contributed by atoms with Crippen LogP contribution in [-0.2, 0) is 21.0 Å². The van der Waals surface area contributed by atoms with Gasteiger partial charge in [-0.15, -0.1) is 0 Å². The number of benzene rings is 2. The predicted molar refractivity (Wildman–Crippen MR) is 112 cm³/mol. The number of halogens is 2. The lowest BCUT2D eigenvalue weighted by Gasteiger charge is -2.40. The van der Waals surface area contributed by atoms with Crippen LogP contribution in [0.4, 0.5) is 0 Å². The standard InChI is InChI=1S/C18H17I2NO2S/c19-13-2-5-15(6-3-13)24(22,23)18-9-10-21-17(18)8-1-12-11-14(20)4-7-16(12)18/h2-7,11,17,21H,1,8-10H2. The van der Waals surface area contributed by atoms with Crippen LogP contribution >= 0.6 is 45.2 Å². The molecule has 4 rings (SSSR count). The molecule has 2 aromatic carbocycles. The molecule has 1 saturated heterocycles. The van der Waals surface area contributed by atoms with Gasteiger partial charge in [0.15, 0.2) is 9.84 Å². The number of aryl methyl sites for hydroxylation is 1. The average molecular weight is 565 g/mol. The summed E-state index contributed by atoms with van der Waals surface area (Å²) in [4.78, 5) is 0.433. The molecule has 24 heavy (non-hydrogen) atoms. The molecule has 0 spiro atoms. The second-order valence-electron chi connectivity index (χ2n) is 6.44. The van der Waals surface area contributed by atoms with Crippen molar-refractivity contribution in [2.24, 2.45) is 0 Å². The van der Waals surface area contributed by atoms with Gasteiger partial charge < -0.3 is 5.32 Å². The van der Waals surface area contributed by atoms with Gasteiger partial charge in [0.05, 0.1) is 4.90 Å². The third-order valence-corrected chi connectivity index (χ3v) is 9.23. The van der Waals surface area contributed by atoms with E-state index in [1.165, 1.54) is 5.56 Å². The molecule has 1 aliphatic heterocycles. The van der Waals surface area contributed by atoms with Crippen molar-refractivity contribution in [1.29, 1.82) is 0 Å². The fourth-order valence-electron chi connectivity index (χ4n) is 4.20. The van der Waals surface area contributed by atoms with Crippen molar-refractivity contribution in [3.63, 3.8) is 0 Å². The second kappa shape index (κ2) is 6.21. The first-order chi connectivity index (χ1) is 11.4. The molecule has 2 aromatic rings. The highest BCUT2D eigenvalue weighted by molar-refractivity contribution is 14.1. The Morgan fingerprint density at radius 3 is 2.50 bits per heavy atom. The summed E-state index contributed by atoms with van der Waals surface area (Å²) in [6.45, 7) is 0.750. The highest BCUT2D eigenvalue weighted by atomic mass is 127. The van der Waals surface area contributed by atoms with Crippen LogP contribution in [0.5, 0.6) is 0 Å². The van der Waals surface area contributed by atoms with E-state index in [2.05, 4.69) is 56.6 Å². The highest BCUT2D eigenvalue weighted by Crippen LogP contribution is 2.49. The van der Waals surface area contributed by atoms with E-state index in [0.717, 1.165) is 32.1 Å². The molecule has 1 N–H and O–H groups in total. The fraction of sp³-hybridized carbons (Fsp3) is 0.333. The van der Waals surface area contributed by atoms with Crippen LogP contribution in [0, 0.1) is 7.14 Å². The van der Waals surface area contributed by atoms with Gasteiger partial charge >= 0.3 is 0 Å². The summed E-state index contributed by atoms with van der Waals surface area (Å²) < 4.78 is 28.8. The molecule has 0 amide bonds. The van der Waals surface area contributed by atoms with Crippen molar-refractivity contribution < 1.29 is 8.42 Å². The van der Waals surface area contributed by atoms with Crippen molar-refractivity contribution in [2.45, 2.75) is 34.9 Å². The van der Waals surface area contributed by atoms with Gasteiger partial charge in [-0.25, -0.2) is 8.42 Å². The number of fused-ring (bicyclic) bond motifs is 3. The minimum atomic E-state index is -3.47. The third kappa shape index (κ3) is 2.47. The van der Waals surface area contributed by atoms with Gasteiger partial charge in [0.1, 0.15) is 4.75 Å². The van der Waals surface area contributed by atoms with Crippen LogP contribution in [0.15, 0.2) is 47.4 Å². The summed E-state index contributed by atoms with van der Waals surface area (Å²) in [5.41, 5.74) is 2.19. The van der Waals surface area contributed by atoms with Crippen LogP contribution < -0.4 is 5.32 Å². The van der Waals surface area contributed by atoms with E-state index in [1.807, 2.05) is 24.3 Å². The van der Waals surface area contributed by atoms with Crippen LogP contribution in [0.3, 0.4) is 0 Å². The SMILES string of the molecule is O=S(=O)(c1ccc(I)cc1)C12CCNC1CCc1cc(I)ccc12. The maximum Gasteiger partial charge on any atom is 0.189 e. The summed E-state index contributed by atoms with van der Waals surface area (Å²) >= 11 is 4.51. The van der Waals surface area contributed by atoms with Gasteiger partial charge in [-0.05, 0) is 119 Å². The Hall–Kier alpha value is -0.190. The van der Waals surface area contributed by atoms with E-state index in [-0.39, 0.29) is 6.04 Å². The van der Waals surface area contributed by atoms with Crippen molar-refractivity contribution in [3.8, 4) is 0 Å². The number of hydrogen-bond donors (Lipinski definition) is 1. The lowest BCUT2D eigenvalue weighted by molar-refractivity contribution is 0.416. The van der Waals surface area contributed by atoms with Crippen molar-refractivity contribution >= 4 is 55.0 Å². The smallest absolute Gasteiger partial charge is 0.189 e. The first kappa shape index (κ1) is 17.2. The summed E-state index contributed by atoms with van der Waals surface area (Å²) in [6.07, 6.45) is 2.45. The third-order valence-electron chi connectivity index (χ3n) is 5.28. The number of hydrogen-bond acceptors (Lipinski definition) is 3. The number of rotatable bonds is 2. The topological polar surface area (TPSA) is 46.2 Å². The molecule has 2 atom stereocenters. The molecule has 1 fully saturated rings. The average Bonchev–Trinajstić information content (AvgIpc) is 3.00. The first-order valence-electron chi connectivity index (χ1n) is 7.98. The fourth-order valence-corrected chi connectivity index (χ4v) is 7.47. The van der Waals surface area contributed by atoms with E-state index >= 15 is 0 Å². The van der Waals surface area contributed by atoms with Crippen molar-refractivity contribution in [3.05, 3.63) is 60.7 Å². The van der Waals surface area contributed by atoms with Crippen LogP contribution in [0.1, 0.15) is 24.0 Å². The molecule has 3 nitrogen and oxygen atoms in total. The van der Waals surface area contributed by atoms with E-state index in [9.17, 15) is 8.42 Å². The molecule has 126 valence electrons. The molecule has 6 heteroatoms. The first-order valence-corrected chi connectivity index (χ1v) is 11.6. The van der Waals surface area contributed by atoms with Gasteiger partial charge in [-0.3, -0.25) is 0 Å². The maximum atomic E-state index is 13.7. The maximum absolute atomic E-state index is 13.7. The van der Waals surface area contributed by atoms with Crippen LogP contribution in [0.2, 0.25) is 0 Å². The molecule has 2 aliphatic rings. The van der Waals surface area contributed by atoms with Gasteiger partial charge in [0.25, 0.3) is 0 Å². The zero-order valence-corrected chi connectivity index (χ0v) is 18.1. The van der Waals surface area contributed by atoms with E-state index < -0.39 is 14.6 Å². The highest BCUT2D eigenvalue weighted by Gasteiger charge is 2.56. The molecular formula is C18H17I2NO2S. The lowest BCUT2D eigenvalue weighted by atomic mass is 9.79. The molecule has 1 heterocycles. The normalized spacial score (nSPS) is 26.0. The molecule has 0 radical (unpaired) electrons. The Balaban J connectivity index is 1.96. The summed E-state index contributed by atoms with van der Waals surface area (Å²) in [5.74, 6) is 0. The monoisotopic (exact) mass is 565 g/mol. The van der Waals surface area contributed by atoms with Gasteiger partial charge in [0.2, 0.25) is 0 Å². The van der Waals surface area contributed by atoms with Gasteiger partial charge in [0, 0.05) is 13.2 Å². The summed E-state index contributed by atoms with van der Waals surface area (Å²) in [6, 6.07) is 13.5. The molecular weight excluding hydrogens is 548 g/mol. The minimum Gasteiger partial charge on any atom is -0.312 e. The molecule has 0 bridgehead atoms. The van der Waals surface area contributed by atoms with Gasteiger partial charge in [-0.1, -0.05) is 6.07 Å². The zero-order chi connectivity index (χ0) is 16.9. The Bertz CT molecular complexity index is 896. The number of sulfone groups is 1. The Kier molecular flexibility index (Phi) is 4.46. The number of nitrogens with one attached hydrogen (secondary N) is 1. The van der Waals surface area contributed by atoms with Gasteiger partial charge in [-0.2, -0.15) is 0 Å². The summed E-state index contributed by atoms with van der Waals surface area (Å²) in [5, 5.41) is 3.46. The van der Waals surface area contributed by atoms with E-state index in [0.29, 0.717) is 11.3 Å². The minimum absolute atomic E-state index is 0.00524. The molecule has 2 unspecified atom stereocenters.